The zero-order valence-corrected chi connectivity index (χ0v) is 12.0. The lowest BCUT2D eigenvalue weighted by molar-refractivity contribution is -0.119. The number of hydrogen-bond donors (Lipinski definition) is 1. The highest BCUT2D eigenvalue weighted by molar-refractivity contribution is 5.79. The predicted molar refractivity (Wildman–Crippen MR) is 74.7 cm³/mol. The summed E-state index contributed by atoms with van der Waals surface area (Å²) in [5.41, 5.74) is 0.830. The van der Waals surface area contributed by atoms with Crippen molar-refractivity contribution >= 4 is 5.91 Å². The van der Waals surface area contributed by atoms with Crippen molar-refractivity contribution in [3.63, 3.8) is 0 Å². The molecule has 1 N–H and O–H groups in total. The third-order valence-electron chi connectivity index (χ3n) is 3.81. The van der Waals surface area contributed by atoms with Crippen molar-refractivity contribution in [3.8, 4) is 0 Å². The SMILES string of the molecule is CC(C)CC1(Cc2ccc(C(F)F)cc2)CCC(=O)N1. The predicted octanol–water partition coefficient (Wildman–Crippen LogP) is 3.86. The summed E-state index contributed by atoms with van der Waals surface area (Å²) in [6.07, 6.45) is 0.568. The van der Waals surface area contributed by atoms with E-state index in [0.29, 0.717) is 18.8 Å². The largest absolute Gasteiger partial charge is 0.350 e. The van der Waals surface area contributed by atoms with E-state index in [-0.39, 0.29) is 17.0 Å². The van der Waals surface area contributed by atoms with Crippen LogP contribution in [-0.4, -0.2) is 11.4 Å². The third-order valence-corrected chi connectivity index (χ3v) is 3.81. The van der Waals surface area contributed by atoms with Crippen LogP contribution in [0.4, 0.5) is 8.78 Å². The fraction of sp³-hybridized carbons (Fsp3) is 0.562. The summed E-state index contributed by atoms with van der Waals surface area (Å²) in [5.74, 6) is 0.573. The highest BCUT2D eigenvalue weighted by atomic mass is 19.3. The van der Waals surface area contributed by atoms with Crippen molar-refractivity contribution in [1.29, 1.82) is 0 Å². The highest BCUT2D eigenvalue weighted by Crippen LogP contribution is 2.31. The number of benzene rings is 1. The molecule has 20 heavy (non-hydrogen) atoms. The van der Waals surface area contributed by atoms with E-state index in [4.69, 9.17) is 0 Å². The first kappa shape index (κ1) is 14.9. The molecule has 1 aromatic carbocycles. The summed E-state index contributed by atoms with van der Waals surface area (Å²) in [5, 5.41) is 3.10. The van der Waals surface area contributed by atoms with Gasteiger partial charge in [-0.3, -0.25) is 4.79 Å². The van der Waals surface area contributed by atoms with E-state index in [9.17, 15) is 13.6 Å². The Morgan fingerprint density at radius 1 is 1.25 bits per heavy atom. The van der Waals surface area contributed by atoms with Crippen molar-refractivity contribution in [2.45, 2.75) is 51.5 Å². The molecule has 110 valence electrons. The zero-order chi connectivity index (χ0) is 14.8. The Labute approximate surface area is 118 Å². The van der Waals surface area contributed by atoms with Crippen LogP contribution in [0.25, 0.3) is 0 Å². The number of halogens is 2. The minimum atomic E-state index is -2.43. The van der Waals surface area contributed by atoms with Crippen molar-refractivity contribution in [3.05, 3.63) is 35.4 Å². The van der Waals surface area contributed by atoms with Crippen molar-refractivity contribution in [1.82, 2.24) is 5.32 Å². The minimum absolute atomic E-state index is 0.0436. The van der Waals surface area contributed by atoms with Gasteiger partial charge in [0, 0.05) is 17.5 Å². The zero-order valence-electron chi connectivity index (χ0n) is 12.0. The Morgan fingerprint density at radius 2 is 1.90 bits per heavy atom. The van der Waals surface area contributed by atoms with Crippen LogP contribution in [0.1, 0.15) is 50.7 Å². The summed E-state index contributed by atoms with van der Waals surface area (Å²) in [6, 6.07) is 6.43. The maximum atomic E-state index is 12.5. The summed E-state index contributed by atoms with van der Waals surface area (Å²) >= 11 is 0. The maximum absolute atomic E-state index is 12.5. The molecule has 1 atom stereocenters. The van der Waals surface area contributed by atoms with Gasteiger partial charge in [-0.1, -0.05) is 38.1 Å². The smallest absolute Gasteiger partial charge is 0.263 e. The van der Waals surface area contributed by atoms with Gasteiger partial charge in [0.25, 0.3) is 6.43 Å². The third kappa shape index (κ3) is 3.56. The number of rotatable bonds is 5. The lowest BCUT2D eigenvalue weighted by Gasteiger charge is -2.31. The molecule has 1 unspecified atom stereocenters. The molecule has 1 aromatic rings. The van der Waals surface area contributed by atoms with Crippen LogP contribution in [0.3, 0.4) is 0 Å². The van der Waals surface area contributed by atoms with Gasteiger partial charge in [-0.15, -0.1) is 0 Å². The number of amides is 1. The molecule has 2 rings (SSSR count). The first-order chi connectivity index (χ1) is 9.40. The van der Waals surface area contributed by atoms with Gasteiger partial charge < -0.3 is 5.32 Å². The summed E-state index contributed by atoms with van der Waals surface area (Å²) < 4.78 is 25.1. The fourth-order valence-electron chi connectivity index (χ4n) is 3.08. The van der Waals surface area contributed by atoms with E-state index in [1.54, 1.807) is 12.1 Å². The molecule has 1 aliphatic rings. The molecule has 1 aliphatic heterocycles. The molecular weight excluding hydrogens is 260 g/mol. The molecular formula is C16H21F2NO. The number of hydrogen-bond acceptors (Lipinski definition) is 1. The van der Waals surface area contributed by atoms with Crippen molar-refractivity contribution in [2.24, 2.45) is 5.92 Å². The highest BCUT2D eigenvalue weighted by Gasteiger charge is 2.37. The second-order valence-corrected chi connectivity index (χ2v) is 6.15. The Morgan fingerprint density at radius 3 is 2.35 bits per heavy atom. The molecule has 0 saturated carbocycles. The van der Waals surface area contributed by atoms with E-state index in [0.717, 1.165) is 18.4 Å². The molecule has 1 saturated heterocycles. The lowest BCUT2D eigenvalue weighted by atomic mass is 9.82. The topological polar surface area (TPSA) is 29.1 Å². The minimum Gasteiger partial charge on any atom is -0.350 e. The monoisotopic (exact) mass is 281 g/mol. The van der Waals surface area contributed by atoms with Crippen molar-refractivity contribution in [2.75, 3.05) is 0 Å². The molecule has 1 amide bonds. The van der Waals surface area contributed by atoms with Crippen LogP contribution >= 0.6 is 0 Å². The Kier molecular flexibility index (Phi) is 4.41. The van der Waals surface area contributed by atoms with Crippen LogP contribution in [0.5, 0.6) is 0 Å². The first-order valence-electron chi connectivity index (χ1n) is 7.08. The first-order valence-corrected chi connectivity index (χ1v) is 7.08. The number of carbonyl (C=O) groups excluding carboxylic acids is 1. The van der Waals surface area contributed by atoms with Gasteiger partial charge in [-0.2, -0.15) is 0 Å². The van der Waals surface area contributed by atoms with Crippen molar-refractivity contribution < 1.29 is 13.6 Å². The summed E-state index contributed by atoms with van der Waals surface area (Å²) in [6.45, 7) is 4.26. The van der Waals surface area contributed by atoms with E-state index in [1.807, 2.05) is 0 Å². The average Bonchev–Trinajstić information content (AvgIpc) is 2.70. The van der Waals surface area contributed by atoms with Gasteiger partial charge in [0.1, 0.15) is 0 Å². The van der Waals surface area contributed by atoms with E-state index in [2.05, 4.69) is 19.2 Å². The fourth-order valence-corrected chi connectivity index (χ4v) is 3.08. The van der Waals surface area contributed by atoms with Gasteiger partial charge in [0.2, 0.25) is 5.91 Å². The normalized spacial score (nSPS) is 22.6. The second-order valence-electron chi connectivity index (χ2n) is 6.15. The second kappa shape index (κ2) is 5.90. The average molecular weight is 281 g/mol. The standard InChI is InChI=1S/C16H21F2NO/c1-11(2)9-16(8-7-14(20)19-16)10-12-3-5-13(6-4-12)15(17)18/h3-6,11,15H,7-10H2,1-2H3,(H,19,20). The molecule has 0 aromatic heterocycles. The number of carbonyl (C=O) groups is 1. The summed E-state index contributed by atoms with van der Waals surface area (Å²) in [4.78, 5) is 11.6. The Hall–Kier alpha value is -1.45. The number of alkyl halides is 2. The van der Waals surface area contributed by atoms with Crippen LogP contribution in [0.15, 0.2) is 24.3 Å². The van der Waals surface area contributed by atoms with E-state index < -0.39 is 6.43 Å². The van der Waals surface area contributed by atoms with Crippen LogP contribution in [0, 0.1) is 5.92 Å². The van der Waals surface area contributed by atoms with Gasteiger partial charge in [0.05, 0.1) is 0 Å². The Bertz CT molecular complexity index is 470. The molecule has 2 nitrogen and oxygen atoms in total. The molecule has 4 heteroatoms. The lowest BCUT2D eigenvalue weighted by Crippen LogP contribution is -2.44. The quantitative estimate of drug-likeness (QED) is 0.872. The molecule has 1 fully saturated rings. The van der Waals surface area contributed by atoms with E-state index in [1.165, 1.54) is 12.1 Å². The molecule has 1 heterocycles. The van der Waals surface area contributed by atoms with Gasteiger partial charge >= 0.3 is 0 Å². The number of nitrogens with one attached hydrogen (secondary N) is 1. The Balaban J connectivity index is 2.13. The maximum Gasteiger partial charge on any atom is 0.263 e. The van der Waals surface area contributed by atoms with Gasteiger partial charge in [-0.05, 0) is 30.7 Å². The van der Waals surface area contributed by atoms with E-state index >= 15 is 0 Å². The molecule has 0 spiro atoms. The van der Waals surface area contributed by atoms with Crippen LogP contribution in [0.2, 0.25) is 0 Å². The summed E-state index contributed by atoms with van der Waals surface area (Å²) in [7, 11) is 0. The van der Waals surface area contributed by atoms with Crippen LogP contribution < -0.4 is 5.32 Å². The van der Waals surface area contributed by atoms with Gasteiger partial charge in [0.15, 0.2) is 0 Å². The van der Waals surface area contributed by atoms with Crippen LogP contribution in [-0.2, 0) is 11.2 Å². The molecule has 0 aliphatic carbocycles. The van der Waals surface area contributed by atoms with Gasteiger partial charge in [-0.25, -0.2) is 8.78 Å². The molecule has 0 bridgehead atoms. The molecule has 0 radical (unpaired) electrons.